The van der Waals surface area contributed by atoms with Crippen LogP contribution in [0.2, 0.25) is 0 Å². The van der Waals surface area contributed by atoms with Crippen LogP contribution in [0, 0.1) is 6.92 Å². The van der Waals surface area contributed by atoms with E-state index in [0.29, 0.717) is 10.4 Å². The van der Waals surface area contributed by atoms with Gasteiger partial charge in [0.1, 0.15) is 0 Å². The van der Waals surface area contributed by atoms with Gasteiger partial charge in [-0.15, -0.1) is 11.8 Å². The number of rotatable bonds is 2. The normalized spacial score (nSPS) is 27.0. The minimum Gasteiger partial charge on any atom is -0.392 e. The van der Waals surface area contributed by atoms with E-state index in [1.54, 1.807) is 11.8 Å². The maximum Gasteiger partial charge on any atom is 0.181 e. The molecular formula is C9H14N2OS2. The summed E-state index contributed by atoms with van der Waals surface area (Å²) >= 11 is 3.25. The van der Waals surface area contributed by atoms with Gasteiger partial charge in [-0.25, -0.2) is 4.98 Å². The number of hydrogen-bond acceptors (Lipinski definition) is 5. The number of aliphatic hydroxyl groups is 1. The van der Waals surface area contributed by atoms with Crippen molar-refractivity contribution in [1.82, 2.24) is 4.98 Å². The minimum absolute atomic E-state index is 0.150. The van der Waals surface area contributed by atoms with Crippen LogP contribution in [0.4, 0.5) is 5.13 Å². The second kappa shape index (κ2) is 4.08. The van der Waals surface area contributed by atoms with Crippen LogP contribution >= 0.6 is 23.1 Å². The van der Waals surface area contributed by atoms with Crippen molar-refractivity contribution in [3.05, 3.63) is 5.69 Å². The van der Waals surface area contributed by atoms with E-state index in [2.05, 4.69) is 4.98 Å². The van der Waals surface area contributed by atoms with Gasteiger partial charge in [0, 0.05) is 5.25 Å². The Balaban J connectivity index is 2.06. The first kappa shape index (κ1) is 10.3. The topological polar surface area (TPSA) is 59.1 Å². The smallest absolute Gasteiger partial charge is 0.181 e. The highest BCUT2D eigenvalue weighted by atomic mass is 32.2. The van der Waals surface area contributed by atoms with Crippen molar-refractivity contribution in [2.45, 2.75) is 41.7 Å². The summed E-state index contributed by atoms with van der Waals surface area (Å²) < 4.78 is 1.16. The fourth-order valence-electron chi connectivity index (χ4n) is 1.69. The van der Waals surface area contributed by atoms with E-state index >= 15 is 0 Å². The van der Waals surface area contributed by atoms with Crippen LogP contribution in [-0.4, -0.2) is 21.4 Å². The Morgan fingerprint density at radius 1 is 1.57 bits per heavy atom. The molecule has 3 nitrogen and oxygen atoms in total. The molecule has 1 aliphatic rings. The van der Waals surface area contributed by atoms with Gasteiger partial charge in [-0.3, -0.25) is 0 Å². The third kappa shape index (κ3) is 2.04. The molecule has 0 bridgehead atoms. The lowest BCUT2D eigenvalue weighted by Gasteiger charge is -2.12. The maximum atomic E-state index is 9.68. The Morgan fingerprint density at radius 3 is 2.86 bits per heavy atom. The number of thiazole rings is 1. The molecular weight excluding hydrogens is 216 g/mol. The number of aliphatic hydroxyl groups excluding tert-OH is 1. The number of aryl methyl sites for hydroxylation is 1. The quantitative estimate of drug-likeness (QED) is 0.816. The highest BCUT2D eigenvalue weighted by Crippen LogP contribution is 2.39. The Hall–Kier alpha value is -0.260. The van der Waals surface area contributed by atoms with Crippen molar-refractivity contribution < 1.29 is 5.11 Å². The van der Waals surface area contributed by atoms with Gasteiger partial charge in [0.2, 0.25) is 0 Å². The van der Waals surface area contributed by atoms with Crippen LogP contribution in [-0.2, 0) is 0 Å². The second-order valence-electron chi connectivity index (χ2n) is 3.58. The SMILES string of the molecule is Cc1nc(N)sc1SC1CCCC1O. The Morgan fingerprint density at radius 2 is 2.36 bits per heavy atom. The van der Waals surface area contributed by atoms with Crippen LogP contribution in [0.3, 0.4) is 0 Å². The van der Waals surface area contributed by atoms with Gasteiger partial charge in [-0.1, -0.05) is 11.3 Å². The average molecular weight is 230 g/mol. The summed E-state index contributed by atoms with van der Waals surface area (Å²) in [6, 6.07) is 0. The molecule has 2 unspecified atom stereocenters. The molecule has 5 heteroatoms. The molecule has 0 aliphatic heterocycles. The van der Waals surface area contributed by atoms with Crippen LogP contribution in [0.5, 0.6) is 0 Å². The lowest BCUT2D eigenvalue weighted by atomic mass is 10.3. The van der Waals surface area contributed by atoms with Gasteiger partial charge in [-0.05, 0) is 26.2 Å². The van der Waals surface area contributed by atoms with Gasteiger partial charge >= 0.3 is 0 Å². The zero-order chi connectivity index (χ0) is 10.1. The summed E-state index contributed by atoms with van der Waals surface area (Å²) in [7, 11) is 0. The summed E-state index contributed by atoms with van der Waals surface area (Å²) in [4.78, 5) is 4.17. The van der Waals surface area contributed by atoms with Crippen molar-refractivity contribution in [2.24, 2.45) is 0 Å². The number of nitrogens with two attached hydrogens (primary N) is 1. The molecule has 3 N–H and O–H groups in total. The highest BCUT2D eigenvalue weighted by molar-refractivity contribution is 8.01. The van der Waals surface area contributed by atoms with Gasteiger partial charge in [0.15, 0.2) is 5.13 Å². The second-order valence-corrected chi connectivity index (χ2v) is 6.12. The standard InChI is InChI=1S/C9H14N2OS2/c1-5-8(14-9(10)11-5)13-7-4-2-3-6(7)12/h6-7,12H,2-4H2,1H3,(H2,10,11). The lowest BCUT2D eigenvalue weighted by Crippen LogP contribution is -2.14. The summed E-state index contributed by atoms with van der Waals surface area (Å²) in [6.45, 7) is 1.97. The average Bonchev–Trinajstić information content (AvgIpc) is 2.62. The molecule has 1 aliphatic carbocycles. The predicted octanol–water partition coefficient (Wildman–Crippen LogP) is 2.04. The third-order valence-corrected chi connectivity index (χ3v) is 5.13. The monoisotopic (exact) mass is 230 g/mol. The molecule has 1 aromatic heterocycles. The molecule has 2 atom stereocenters. The number of nitrogen functional groups attached to an aromatic ring is 1. The molecule has 14 heavy (non-hydrogen) atoms. The molecule has 78 valence electrons. The summed E-state index contributed by atoms with van der Waals surface area (Å²) in [5.41, 5.74) is 6.62. The van der Waals surface area contributed by atoms with Crippen LogP contribution in [0.1, 0.15) is 25.0 Å². The van der Waals surface area contributed by atoms with Crippen molar-refractivity contribution >= 4 is 28.2 Å². The number of anilines is 1. The zero-order valence-corrected chi connectivity index (χ0v) is 9.70. The maximum absolute atomic E-state index is 9.68. The molecule has 1 aromatic rings. The first-order valence-corrected chi connectivity index (χ1v) is 6.44. The first-order chi connectivity index (χ1) is 6.66. The Labute approximate surface area is 91.7 Å². The third-order valence-electron chi connectivity index (χ3n) is 2.45. The lowest BCUT2D eigenvalue weighted by molar-refractivity contribution is 0.188. The largest absolute Gasteiger partial charge is 0.392 e. The predicted molar refractivity (Wildman–Crippen MR) is 60.8 cm³/mol. The summed E-state index contributed by atoms with van der Waals surface area (Å²) in [5, 5.41) is 10.6. The highest BCUT2D eigenvalue weighted by Gasteiger charge is 2.27. The molecule has 0 spiro atoms. The summed E-state index contributed by atoms with van der Waals surface area (Å²) in [5.74, 6) is 0. The van der Waals surface area contributed by atoms with Gasteiger partial charge in [0.25, 0.3) is 0 Å². The fourth-order valence-corrected chi connectivity index (χ4v) is 4.15. The molecule has 0 aromatic carbocycles. The van der Waals surface area contributed by atoms with E-state index in [1.807, 2.05) is 6.92 Å². The minimum atomic E-state index is -0.150. The Bertz CT molecular complexity index is 327. The van der Waals surface area contributed by atoms with E-state index in [-0.39, 0.29) is 6.10 Å². The van der Waals surface area contributed by atoms with Crippen LogP contribution < -0.4 is 5.73 Å². The molecule has 1 fully saturated rings. The molecule has 1 heterocycles. The van der Waals surface area contributed by atoms with Crippen LogP contribution in [0.25, 0.3) is 0 Å². The molecule has 0 amide bonds. The van der Waals surface area contributed by atoms with E-state index < -0.39 is 0 Å². The number of thioether (sulfide) groups is 1. The van der Waals surface area contributed by atoms with E-state index in [0.717, 1.165) is 29.2 Å². The van der Waals surface area contributed by atoms with E-state index in [9.17, 15) is 5.11 Å². The summed E-state index contributed by atoms with van der Waals surface area (Å²) in [6.07, 6.45) is 3.02. The van der Waals surface area contributed by atoms with Crippen molar-refractivity contribution in [3.8, 4) is 0 Å². The number of aromatic nitrogens is 1. The van der Waals surface area contributed by atoms with Crippen molar-refractivity contribution in [3.63, 3.8) is 0 Å². The molecule has 1 saturated carbocycles. The number of hydrogen-bond donors (Lipinski definition) is 2. The molecule has 0 radical (unpaired) electrons. The van der Waals surface area contributed by atoms with Gasteiger partial charge in [-0.2, -0.15) is 0 Å². The number of nitrogens with zero attached hydrogens (tertiary/aromatic N) is 1. The van der Waals surface area contributed by atoms with Gasteiger partial charge < -0.3 is 10.8 Å². The molecule has 2 rings (SSSR count). The fraction of sp³-hybridized carbons (Fsp3) is 0.667. The van der Waals surface area contributed by atoms with Crippen molar-refractivity contribution in [2.75, 3.05) is 5.73 Å². The zero-order valence-electron chi connectivity index (χ0n) is 8.06. The molecule has 0 saturated heterocycles. The van der Waals surface area contributed by atoms with Gasteiger partial charge in [0.05, 0.1) is 16.0 Å². The van der Waals surface area contributed by atoms with E-state index in [1.165, 1.54) is 11.3 Å². The van der Waals surface area contributed by atoms with Crippen LogP contribution in [0.15, 0.2) is 4.21 Å². The van der Waals surface area contributed by atoms with E-state index in [4.69, 9.17) is 5.73 Å². The Kier molecular flexibility index (Phi) is 2.99. The van der Waals surface area contributed by atoms with Crippen molar-refractivity contribution in [1.29, 1.82) is 0 Å². The first-order valence-electron chi connectivity index (χ1n) is 4.74.